The molecule has 0 fully saturated rings. The van der Waals surface area contributed by atoms with Gasteiger partial charge in [0.05, 0.1) is 5.56 Å². The summed E-state index contributed by atoms with van der Waals surface area (Å²) in [6, 6.07) is 14.7. The van der Waals surface area contributed by atoms with Crippen LogP contribution in [0.1, 0.15) is 35.3 Å². The van der Waals surface area contributed by atoms with Crippen LogP contribution in [0.2, 0.25) is 0 Å². The van der Waals surface area contributed by atoms with E-state index in [0.29, 0.717) is 11.3 Å². The first kappa shape index (κ1) is 16.7. The molecule has 0 heterocycles. The third-order valence-corrected chi connectivity index (χ3v) is 3.65. The van der Waals surface area contributed by atoms with Gasteiger partial charge in [0.1, 0.15) is 0 Å². The van der Waals surface area contributed by atoms with Crippen molar-refractivity contribution in [1.29, 1.82) is 0 Å². The van der Waals surface area contributed by atoms with Crippen molar-refractivity contribution < 1.29 is 14.3 Å². The molecule has 1 N–H and O–H groups in total. The van der Waals surface area contributed by atoms with Crippen LogP contribution < -0.4 is 5.32 Å². The highest BCUT2D eigenvalue weighted by Crippen LogP contribution is 2.13. The molecule has 2 rings (SSSR count). The average molecular weight is 311 g/mol. The molecule has 0 aromatic heterocycles. The Labute approximate surface area is 136 Å². The number of aryl methyl sites for hydroxylation is 2. The first-order chi connectivity index (χ1) is 11.0. The Morgan fingerprint density at radius 1 is 1.09 bits per heavy atom. The van der Waals surface area contributed by atoms with Crippen LogP contribution in [0.3, 0.4) is 0 Å². The summed E-state index contributed by atoms with van der Waals surface area (Å²) < 4.78 is 5.25. The zero-order valence-electron chi connectivity index (χ0n) is 13.6. The van der Waals surface area contributed by atoms with E-state index in [9.17, 15) is 9.59 Å². The van der Waals surface area contributed by atoms with Crippen LogP contribution in [0.4, 0.5) is 5.69 Å². The van der Waals surface area contributed by atoms with Gasteiger partial charge >= 0.3 is 5.97 Å². The van der Waals surface area contributed by atoms with E-state index in [2.05, 4.69) is 12.2 Å². The third kappa shape index (κ3) is 4.42. The number of carbonyl (C=O) groups excluding carboxylic acids is 2. The third-order valence-electron chi connectivity index (χ3n) is 3.65. The van der Waals surface area contributed by atoms with E-state index in [0.717, 1.165) is 12.0 Å². The smallest absolute Gasteiger partial charge is 0.339 e. The molecule has 4 heteroatoms. The van der Waals surface area contributed by atoms with E-state index in [4.69, 9.17) is 4.74 Å². The van der Waals surface area contributed by atoms with Crippen molar-refractivity contribution >= 4 is 17.6 Å². The summed E-state index contributed by atoms with van der Waals surface area (Å²) in [6.45, 7) is 5.46. The summed E-state index contributed by atoms with van der Waals surface area (Å²) in [4.78, 5) is 24.2. The summed E-state index contributed by atoms with van der Waals surface area (Å²) >= 11 is 0. The molecule has 2 aromatic carbocycles. The molecule has 0 spiro atoms. The molecule has 1 atom stereocenters. The van der Waals surface area contributed by atoms with E-state index in [1.807, 2.05) is 43.3 Å². The van der Waals surface area contributed by atoms with E-state index in [1.54, 1.807) is 19.1 Å². The van der Waals surface area contributed by atoms with Crippen molar-refractivity contribution in [1.82, 2.24) is 0 Å². The lowest BCUT2D eigenvalue weighted by Gasteiger charge is -2.14. The number of carbonyl (C=O) groups is 2. The summed E-state index contributed by atoms with van der Waals surface area (Å²) in [6.07, 6.45) is 0.0755. The van der Waals surface area contributed by atoms with Gasteiger partial charge in [0, 0.05) is 5.69 Å². The second-order valence-electron chi connectivity index (χ2n) is 5.40. The lowest BCUT2D eigenvalue weighted by molar-refractivity contribution is -0.123. The summed E-state index contributed by atoms with van der Waals surface area (Å²) in [5.74, 6) is -0.844. The highest BCUT2D eigenvalue weighted by molar-refractivity contribution is 5.97. The molecule has 1 amide bonds. The summed E-state index contributed by atoms with van der Waals surface area (Å²) in [5, 5.41) is 2.75. The maximum atomic E-state index is 12.1. The van der Waals surface area contributed by atoms with Crippen LogP contribution >= 0.6 is 0 Å². The van der Waals surface area contributed by atoms with Gasteiger partial charge in [0.2, 0.25) is 0 Å². The molecule has 0 saturated carbocycles. The predicted octanol–water partition coefficient (Wildman–Crippen LogP) is 3.74. The first-order valence-corrected chi connectivity index (χ1v) is 7.67. The van der Waals surface area contributed by atoms with E-state index < -0.39 is 12.1 Å². The second kappa shape index (κ2) is 7.58. The Morgan fingerprint density at radius 3 is 2.35 bits per heavy atom. The van der Waals surface area contributed by atoms with Crippen LogP contribution in [0, 0.1) is 6.92 Å². The Balaban J connectivity index is 1.96. The van der Waals surface area contributed by atoms with Gasteiger partial charge < -0.3 is 10.1 Å². The first-order valence-electron chi connectivity index (χ1n) is 7.67. The lowest BCUT2D eigenvalue weighted by Crippen LogP contribution is -2.30. The van der Waals surface area contributed by atoms with Gasteiger partial charge in [-0.3, -0.25) is 4.79 Å². The SMILES string of the molecule is CCc1ccc(NC(=O)C(C)OC(=O)c2ccccc2C)cc1. The van der Waals surface area contributed by atoms with Gasteiger partial charge in [-0.15, -0.1) is 0 Å². The fraction of sp³-hybridized carbons (Fsp3) is 0.263. The molecule has 0 aliphatic carbocycles. The fourth-order valence-electron chi connectivity index (χ4n) is 2.15. The van der Waals surface area contributed by atoms with Crippen LogP contribution in [0.25, 0.3) is 0 Å². The molecular weight excluding hydrogens is 290 g/mol. The minimum absolute atomic E-state index is 0.351. The molecule has 23 heavy (non-hydrogen) atoms. The number of amides is 1. The molecule has 0 aliphatic heterocycles. The largest absolute Gasteiger partial charge is 0.449 e. The monoisotopic (exact) mass is 311 g/mol. The van der Waals surface area contributed by atoms with E-state index in [-0.39, 0.29) is 5.91 Å². The van der Waals surface area contributed by atoms with Gasteiger partial charge in [-0.1, -0.05) is 37.3 Å². The van der Waals surface area contributed by atoms with Crippen molar-refractivity contribution in [3.05, 3.63) is 65.2 Å². The van der Waals surface area contributed by atoms with Crippen LogP contribution in [0.15, 0.2) is 48.5 Å². The molecule has 0 aliphatic rings. The van der Waals surface area contributed by atoms with Crippen molar-refractivity contribution in [2.24, 2.45) is 0 Å². The highest BCUT2D eigenvalue weighted by Gasteiger charge is 2.19. The van der Waals surface area contributed by atoms with Crippen molar-refractivity contribution in [3.63, 3.8) is 0 Å². The summed E-state index contributed by atoms with van der Waals surface area (Å²) in [7, 11) is 0. The Hall–Kier alpha value is -2.62. The minimum Gasteiger partial charge on any atom is -0.449 e. The number of nitrogens with one attached hydrogen (secondary N) is 1. The lowest BCUT2D eigenvalue weighted by atomic mass is 10.1. The Kier molecular flexibility index (Phi) is 5.52. The molecule has 4 nitrogen and oxygen atoms in total. The number of anilines is 1. The maximum absolute atomic E-state index is 12.1. The number of rotatable bonds is 5. The van der Waals surface area contributed by atoms with Crippen LogP contribution in [0.5, 0.6) is 0 Å². The second-order valence-corrected chi connectivity index (χ2v) is 5.40. The topological polar surface area (TPSA) is 55.4 Å². The highest BCUT2D eigenvalue weighted by atomic mass is 16.5. The molecule has 1 unspecified atom stereocenters. The minimum atomic E-state index is -0.868. The van der Waals surface area contributed by atoms with Gasteiger partial charge in [-0.25, -0.2) is 4.79 Å². The van der Waals surface area contributed by atoms with Gasteiger partial charge in [-0.2, -0.15) is 0 Å². The van der Waals surface area contributed by atoms with Gasteiger partial charge in [0.25, 0.3) is 5.91 Å². The number of ether oxygens (including phenoxy) is 1. The Bertz CT molecular complexity index is 692. The molecule has 0 radical (unpaired) electrons. The van der Waals surface area contributed by atoms with Crippen molar-refractivity contribution in [2.75, 3.05) is 5.32 Å². The zero-order valence-corrected chi connectivity index (χ0v) is 13.6. The quantitative estimate of drug-likeness (QED) is 0.856. The molecular formula is C19H21NO3. The van der Waals surface area contributed by atoms with E-state index in [1.165, 1.54) is 5.56 Å². The number of hydrogen-bond acceptors (Lipinski definition) is 3. The predicted molar refractivity (Wildman–Crippen MR) is 90.5 cm³/mol. The van der Waals surface area contributed by atoms with Crippen molar-refractivity contribution in [3.8, 4) is 0 Å². The van der Waals surface area contributed by atoms with Gasteiger partial charge in [-0.05, 0) is 49.6 Å². The molecule has 0 saturated heterocycles. The summed E-state index contributed by atoms with van der Waals surface area (Å²) in [5.41, 5.74) is 3.17. The van der Waals surface area contributed by atoms with Crippen LogP contribution in [-0.4, -0.2) is 18.0 Å². The molecule has 0 bridgehead atoms. The van der Waals surface area contributed by atoms with E-state index >= 15 is 0 Å². The zero-order chi connectivity index (χ0) is 16.8. The maximum Gasteiger partial charge on any atom is 0.339 e. The molecule has 2 aromatic rings. The Morgan fingerprint density at radius 2 is 1.74 bits per heavy atom. The van der Waals surface area contributed by atoms with Crippen LogP contribution in [-0.2, 0) is 16.0 Å². The van der Waals surface area contributed by atoms with Gasteiger partial charge in [0.15, 0.2) is 6.10 Å². The molecule has 120 valence electrons. The fourth-order valence-corrected chi connectivity index (χ4v) is 2.15. The average Bonchev–Trinajstić information content (AvgIpc) is 2.55. The normalized spacial score (nSPS) is 11.6. The standard InChI is InChI=1S/C19H21NO3/c1-4-15-9-11-16(12-10-15)20-18(21)14(3)23-19(22)17-8-6-5-7-13(17)2/h5-12,14H,4H2,1-3H3,(H,20,21). The van der Waals surface area contributed by atoms with Crippen molar-refractivity contribution in [2.45, 2.75) is 33.3 Å². The number of hydrogen-bond donors (Lipinski definition) is 1. The number of benzene rings is 2. The number of esters is 1.